The molecule has 31 heavy (non-hydrogen) atoms. The van der Waals surface area contributed by atoms with Crippen LogP contribution in [0.15, 0.2) is 42.6 Å². The maximum Gasteiger partial charge on any atom is 0.254 e. The lowest BCUT2D eigenvalue weighted by atomic mass is 9.87. The number of morpholine rings is 1. The molecule has 5 rings (SSSR count). The van der Waals surface area contributed by atoms with Crippen LogP contribution in [-0.4, -0.2) is 64.6 Å². The van der Waals surface area contributed by atoms with Crippen molar-refractivity contribution in [1.29, 1.82) is 0 Å². The molecule has 164 valence electrons. The minimum Gasteiger partial charge on any atom is -0.365 e. The molecule has 0 N–H and O–H groups in total. The standard InChI is InChI=1S/C24H27F2N3O2/c25-19-5-3-18(4-6-19)22(30)29-16-23(8-9-23)31-24(17-29)10-14-28(15-11-24)13-7-21-20(26)2-1-12-27-21/h1-6,12H,7-11,13-17H2. The Bertz CT molecular complexity index is 954. The number of hydrogen-bond acceptors (Lipinski definition) is 4. The Balaban J connectivity index is 1.23. The third-order valence-corrected chi connectivity index (χ3v) is 6.84. The summed E-state index contributed by atoms with van der Waals surface area (Å²) >= 11 is 0. The molecule has 3 fully saturated rings. The predicted octanol–water partition coefficient (Wildman–Crippen LogP) is 3.44. The monoisotopic (exact) mass is 427 g/mol. The Morgan fingerprint density at radius 1 is 1.00 bits per heavy atom. The van der Waals surface area contributed by atoms with Gasteiger partial charge in [0.15, 0.2) is 0 Å². The lowest BCUT2D eigenvalue weighted by Gasteiger charge is -2.50. The first-order valence-corrected chi connectivity index (χ1v) is 11.0. The van der Waals surface area contributed by atoms with Gasteiger partial charge in [-0.05, 0) is 62.1 Å². The number of carbonyl (C=O) groups is 1. The van der Waals surface area contributed by atoms with Crippen molar-refractivity contribution in [1.82, 2.24) is 14.8 Å². The summed E-state index contributed by atoms with van der Waals surface area (Å²) in [4.78, 5) is 21.5. The number of piperidine rings is 1. The molecule has 3 aliphatic rings. The van der Waals surface area contributed by atoms with Crippen molar-refractivity contribution < 1.29 is 18.3 Å². The smallest absolute Gasteiger partial charge is 0.254 e. The average molecular weight is 427 g/mol. The van der Waals surface area contributed by atoms with Crippen LogP contribution in [0.3, 0.4) is 0 Å². The highest BCUT2D eigenvalue weighted by Crippen LogP contribution is 2.49. The molecule has 2 spiro atoms. The van der Waals surface area contributed by atoms with Gasteiger partial charge in [0.25, 0.3) is 5.91 Å². The molecule has 1 aliphatic carbocycles. The first kappa shape index (κ1) is 20.5. The number of amides is 1. The van der Waals surface area contributed by atoms with E-state index in [1.807, 2.05) is 4.90 Å². The number of halogens is 2. The van der Waals surface area contributed by atoms with E-state index in [1.165, 1.54) is 18.2 Å². The molecule has 3 heterocycles. The predicted molar refractivity (Wildman–Crippen MR) is 112 cm³/mol. The van der Waals surface area contributed by atoms with Crippen LogP contribution in [0, 0.1) is 11.6 Å². The molecule has 1 aromatic carbocycles. The molecule has 0 unspecified atom stereocenters. The second kappa shape index (κ2) is 7.95. The van der Waals surface area contributed by atoms with Crippen molar-refractivity contribution >= 4 is 5.91 Å². The quantitative estimate of drug-likeness (QED) is 0.750. The molecule has 7 heteroatoms. The van der Waals surface area contributed by atoms with Gasteiger partial charge in [-0.3, -0.25) is 9.78 Å². The summed E-state index contributed by atoms with van der Waals surface area (Å²) in [5.74, 6) is -0.647. The molecule has 1 saturated carbocycles. The van der Waals surface area contributed by atoms with Crippen molar-refractivity contribution in [3.63, 3.8) is 0 Å². The van der Waals surface area contributed by atoms with E-state index in [2.05, 4.69) is 9.88 Å². The average Bonchev–Trinajstić information content (AvgIpc) is 3.51. The zero-order valence-electron chi connectivity index (χ0n) is 17.5. The third-order valence-electron chi connectivity index (χ3n) is 6.84. The summed E-state index contributed by atoms with van der Waals surface area (Å²) in [6, 6.07) is 8.83. The minimum atomic E-state index is -0.341. The molecule has 2 saturated heterocycles. The van der Waals surface area contributed by atoms with E-state index in [0.29, 0.717) is 30.8 Å². The number of likely N-dealkylation sites (tertiary alicyclic amines) is 1. The Hall–Kier alpha value is -2.38. The summed E-state index contributed by atoms with van der Waals surface area (Å²) in [5.41, 5.74) is 0.471. The fourth-order valence-electron chi connectivity index (χ4n) is 4.90. The zero-order chi connectivity index (χ0) is 21.5. The number of hydrogen-bond donors (Lipinski definition) is 0. The van der Waals surface area contributed by atoms with E-state index in [9.17, 15) is 13.6 Å². The zero-order valence-corrected chi connectivity index (χ0v) is 17.5. The van der Waals surface area contributed by atoms with Crippen LogP contribution in [0.4, 0.5) is 8.78 Å². The topological polar surface area (TPSA) is 45.7 Å². The van der Waals surface area contributed by atoms with Crippen LogP contribution in [0.5, 0.6) is 0 Å². The lowest BCUT2D eigenvalue weighted by Crippen LogP contribution is -2.61. The number of ether oxygens (including phenoxy) is 1. The van der Waals surface area contributed by atoms with E-state index in [0.717, 1.165) is 45.3 Å². The number of aromatic nitrogens is 1. The van der Waals surface area contributed by atoms with Crippen LogP contribution >= 0.6 is 0 Å². The normalized spacial score (nSPS) is 22.1. The van der Waals surface area contributed by atoms with Gasteiger partial charge in [-0.15, -0.1) is 0 Å². The van der Waals surface area contributed by atoms with Crippen molar-refractivity contribution in [3.8, 4) is 0 Å². The maximum atomic E-state index is 13.8. The number of benzene rings is 1. The van der Waals surface area contributed by atoms with E-state index in [4.69, 9.17) is 4.74 Å². The summed E-state index contributed by atoms with van der Waals surface area (Å²) in [7, 11) is 0. The largest absolute Gasteiger partial charge is 0.365 e. The number of pyridine rings is 1. The Kier molecular flexibility index (Phi) is 5.26. The highest BCUT2D eigenvalue weighted by Gasteiger charge is 2.56. The molecule has 0 bridgehead atoms. The summed E-state index contributed by atoms with van der Waals surface area (Å²) in [5, 5.41) is 0. The number of carbonyl (C=O) groups excluding carboxylic acids is 1. The fraction of sp³-hybridized carbons (Fsp3) is 0.500. The van der Waals surface area contributed by atoms with Gasteiger partial charge in [0, 0.05) is 37.8 Å². The number of rotatable bonds is 4. The molecule has 0 atom stereocenters. The van der Waals surface area contributed by atoms with Gasteiger partial charge >= 0.3 is 0 Å². The van der Waals surface area contributed by atoms with E-state index in [1.54, 1.807) is 24.4 Å². The highest BCUT2D eigenvalue weighted by molar-refractivity contribution is 5.94. The molecular formula is C24H27F2N3O2. The van der Waals surface area contributed by atoms with Gasteiger partial charge < -0.3 is 14.5 Å². The molecule has 1 amide bonds. The van der Waals surface area contributed by atoms with E-state index >= 15 is 0 Å². The maximum absolute atomic E-state index is 13.8. The Morgan fingerprint density at radius 3 is 2.32 bits per heavy atom. The summed E-state index contributed by atoms with van der Waals surface area (Å²) in [6.07, 6.45) is 5.84. The van der Waals surface area contributed by atoms with E-state index < -0.39 is 0 Å². The SMILES string of the molecule is O=C(c1ccc(F)cc1)N1CC2(CCN(CCc3ncccc3F)CC2)OC2(CC2)C1. The van der Waals surface area contributed by atoms with Crippen LogP contribution in [0.1, 0.15) is 41.7 Å². The van der Waals surface area contributed by atoms with Crippen molar-refractivity contribution in [2.75, 3.05) is 32.7 Å². The molecule has 2 aliphatic heterocycles. The minimum absolute atomic E-state index is 0.0537. The Morgan fingerprint density at radius 2 is 1.68 bits per heavy atom. The molecule has 2 aromatic rings. The van der Waals surface area contributed by atoms with Gasteiger partial charge in [0.2, 0.25) is 0 Å². The van der Waals surface area contributed by atoms with Crippen LogP contribution in [0.25, 0.3) is 0 Å². The van der Waals surface area contributed by atoms with Crippen molar-refractivity contribution in [3.05, 3.63) is 65.5 Å². The van der Waals surface area contributed by atoms with Crippen molar-refractivity contribution in [2.45, 2.75) is 43.3 Å². The van der Waals surface area contributed by atoms with Crippen LogP contribution < -0.4 is 0 Å². The Labute approximate surface area is 181 Å². The van der Waals surface area contributed by atoms with Gasteiger partial charge in [-0.2, -0.15) is 0 Å². The summed E-state index contributed by atoms with van der Waals surface area (Å²) in [6.45, 7) is 3.63. The molecule has 0 radical (unpaired) electrons. The first-order valence-electron chi connectivity index (χ1n) is 11.0. The fourth-order valence-corrected chi connectivity index (χ4v) is 4.90. The second-order valence-corrected chi connectivity index (χ2v) is 9.16. The van der Waals surface area contributed by atoms with Gasteiger partial charge in [0.1, 0.15) is 11.6 Å². The molecule has 5 nitrogen and oxygen atoms in total. The highest BCUT2D eigenvalue weighted by atomic mass is 19.1. The van der Waals surface area contributed by atoms with Crippen LogP contribution in [0.2, 0.25) is 0 Å². The van der Waals surface area contributed by atoms with Crippen LogP contribution in [-0.2, 0) is 11.2 Å². The van der Waals surface area contributed by atoms with Gasteiger partial charge in [-0.1, -0.05) is 0 Å². The second-order valence-electron chi connectivity index (χ2n) is 9.16. The van der Waals surface area contributed by atoms with E-state index in [-0.39, 0.29) is 28.7 Å². The first-order chi connectivity index (χ1) is 15.0. The third kappa shape index (κ3) is 4.34. The van der Waals surface area contributed by atoms with Crippen molar-refractivity contribution in [2.24, 2.45) is 0 Å². The summed E-state index contributed by atoms with van der Waals surface area (Å²) < 4.78 is 33.7. The number of nitrogens with zero attached hydrogens (tertiary/aromatic N) is 3. The molecule has 1 aromatic heterocycles. The lowest BCUT2D eigenvalue weighted by molar-refractivity contribution is -0.179. The van der Waals surface area contributed by atoms with Gasteiger partial charge in [-0.25, -0.2) is 8.78 Å². The molecular weight excluding hydrogens is 400 g/mol. The van der Waals surface area contributed by atoms with Gasteiger partial charge in [0.05, 0.1) is 30.0 Å².